The van der Waals surface area contributed by atoms with Gasteiger partial charge in [0.1, 0.15) is 6.33 Å². The lowest BCUT2D eigenvalue weighted by atomic mass is 10.5. The lowest BCUT2D eigenvalue weighted by molar-refractivity contribution is -0.107. The molecule has 1 aliphatic rings. The zero-order valence-electron chi connectivity index (χ0n) is 5.61. The Morgan fingerprint density at radius 3 is 3.18 bits per heavy atom. The van der Waals surface area contributed by atoms with Crippen molar-refractivity contribution in [2.45, 2.75) is 6.17 Å². The number of nitrogens with zero attached hydrogens (tertiary/aromatic N) is 2. The van der Waals surface area contributed by atoms with Crippen molar-refractivity contribution in [1.29, 1.82) is 0 Å². The first kappa shape index (κ1) is 6.09. The number of carbonyl (C=O) groups excluding carboxylic acids is 1. The van der Waals surface area contributed by atoms with E-state index in [0.717, 1.165) is 12.0 Å². The van der Waals surface area contributed by atoms with Crippen LogP contribution >= 0.6 is 0 Å². The van der Waals surface area contributed by atoms with Gasteiger partial charge in [-0.3, -0.25) is 4.79 Å². The fourth-order valence-corrected chi connectivity index (χ4v) is 0.969. The Bertz CT molecular complexity index is 263. The summed E-state index contributed by atoms with van der Waals surface area (Å²) in [5.74, 6) is 0.678. The predicted molar refractivity (Wildman–Crippen MR) is 39.1 cm³/mol. The van der Waals surface area contributed by atoms with E-state index in [9.17, 15) is 4.79 Å². The zero-order chi connectivity index (χ0) is 7.68. The van der Waals surface area contributed by atoms with Gasteiger partial charge in [0.05, 0.1) is 11.9 Å². The largest absolute Gasteiger partial charge is 0.355 e. The van der Waals surface area contributed by atoms with Crippen LogP contribution in [0.2, 0.25) is 0 Å². The molecule has 0 fully saturated rings. The molecule has 2 N–H and O–H groups in total. The maximum atomic E-state index is 10.3. The Kier molecular flexibility index (Phi) is 1.21. The molecule has 0 aromatic carbocycles. The van der Waals surface area contributed by atoms with Crippen molar-refractivity contribution < 1.29 is 4.79 Å². The quantitative estimate of drug-likeness (QED) is 0.544. The maximum Gasteiger partial charge on any atom is 0.162 e. The van der Waals surface area contributed by atoms with Gasteiger partial charge >= 0.3 is 0 Å². The zero-order valence-corrected chi connectivity index (χ0v) is 5.61. The van der Waals surface area contributed by atoms with E-state index in [0.29, 0.717) is 5.82 Å². The molecular weight excluding hydrogens is 144 g/mol. The van der Waals surface area contributed by atoms with Crippen LogP contribution in [-0.4, -0.2) is 22.4 Å². The normalized spacial score (nSPS) is 19.8. The summed E-state index contributed by atoms with van der Waals surface area (Å²) in [5.41, 5.74) is 0.768. The lowest BCUT2D eigenvalue weighted by Crippen LogP contribution is -2.23. The Morgan fingerprint density at radius 2 is 2.45 bits per heavy atom. The third-order valence-corrected chi connectivity index (χ3v) is 1.45. The standard InChI is InChI=1S/C6H6N4O/c11-2-5-9-4-1-7-3-8-6(4)10-5/h1-3,5,9H,(H,7,8,10). The number of aromatic nitrogens is 2. The smallest absolute Gasteiger partial charge is 0.162 e. The van der Waals surface area contributed by atoms with E-state index >= 15 is 0 Å². The topological polar surface area (TPSA) is 66.9 Å². The average molecular weight is 150 g/mol. The molecule has 1 atom stereocenters. The van der Waals surface area contributed by atoms with Crippen molar-refractivity contribution in [3.05, 3.63) is 12.5 Å². The molecule has 1 aromatic rings. The van der Waals surface area contributed by atoms with Crippen LogP contribution < -0.4 is 10.6 Å². The average Bonchev–Trinajstić information content (AvgIpc) is 2.46. The molecule has 5 heteroatoms. The Morgan fingerprint density at radius 1 is 1.55 bits per heavy atom. The number of hydrogen-bond donors (Lipinski definition) is 2. The van der Waals surface area contributed by atoms with Gasteiger partial charge in [0.15, 0.2) is 18.3 Å². The van der Waals surface area contributed by atoms with Crippen LogP contribution in [0.5, 0.6) is 0 Å². The number of anilines is 2. The highest BCUT2D eigenvalue weighted by Gasteiger charge is 2.18. The van der Waals surface area contributed by atoms with Gasteiger partial charge in [-0.05, 0) is 0 Å². The van der Waals surface area contributed by atoms with Crippen molar-refractivity contribution in [3.8, 4) is 0 Å². The summed E-state index contributed by atoms with van der Waals surface area (Å²) in [4.78, 5) is 18.0. The molecule has 2 heterocycles. The maximum absolute atomic E-state index is 10.3. The van der Waals surface area contributed by atoms with E-state index in [1.165, 1.54) is 6.33 Å². The van der Waals surface area contributed by atoms with Gasteiger partial charge in [0, 0.05) is 0 Å². The SMILES string of the molecule is O=CC1Nc2cncnc2N1. The number of hydrogen-bond acceptors (Lipinski definition) is 5. The van der Waals surface area contributed by atoms with Crippen molar-refractivity contribution in [2.75, 3.05) is 10.6 Å². The molecular formula is C6H6N4O. The molecule has 1 unspecified atom stereocenters. The highest BCUT2D eigenvalue weighted by Crippen LogP contribution is 2.23. The number of nitrogens with one attached hydrogen (secondary N) is 2. The van der Waals surface area contributed by atoms with Crippen LogP contribution in [0, 0.1) is 0 Å². The van der Waals surface area contributed by atoms with Crippen LogP contribution in [0.15, 0.2) is 12.5 Å². The number of fused-ring (bicyclic) bond motifs is 1. The van der Waals surface area contributed by atoms with Crippen LogP contribution in [0.4, 0.5) is 11.5 Å². The molecule has 2 rings (SSSR count). The Labute approximate surface area is 62.9 Å². The van der Waals surface area contributed by atoms with Crippen molar-refractivity contribution >= 4 is 17.8 Å². The molecule has 11 heavy (non-hydrogen) atoms. The fraction of sp³-hybridized carbons (Fsp3) is 0.167. The van der Waals surface area contributed by atoms with E-state index in [1.54, 1.807) is 6.20 Å². The molecule has 0 saturated carbocycles. The third kappa shape index (κ3) is 0.899. The van der Waals surface area contributed by atoms with Gasteiger partial charge in [0.25, 0.3) is 0 Å². The summed E-state index contributed by atoms with van der Waals surface area (Å²) in [5, 5.41) is 5.73. The van der Waals surface area contributed by atoms with Gasteiger partial charge in [-0.25, -0.2) is 9.97 Å². The minimum atomic E-state index is -0.360. The van der Waals surface area contributed by atoms with Crippen molar-refractivity contribution in [2.24, 2.45) is 0 Å². The van der Waals surface area contributed by atoms with E-state index in [2.05, 4.69) is 20.6 Å². The van der Waals surface area contributed by atoms with E-state index < -0.39 is 0 Å². The summed E-state index contributed by atoms with van der Waals surface area (Å²) in [7, 11) is 0. The second-order valence-corrected chi connectivity index (χ2v) is 2.19. The number of aldehydes is 1. The summed E-state index contributed by atoms with van der Waals surface area (Å²) in [6, 6.07) is 0. The van der Waals surface area contributed by atoms with Gasteiger partial charge < -0.3 is 10.6 Å². The Hall–Kier alpha value is -1.65. The lowest BCUT2D eigenvalue weighted by Gasteiger charge is -1.99. The summed E-state index contributed by atoms with van der Waals surface area (Å²) >= 11 is 0. The molecule has 0 bridgehead atoms. The molecule has 0 saturated heterocycles. The molecule has 1 aliphatic heterocycles. The van der Waals surface area contributed by atoms with Crippen molar-refractivity contribution in [1.82, 2.24) is 9.97 Å². The van der Waals surface area contributed by atoms with Crippen molar-refractivity contribution in [3.63, 3.8) is 0 Å². The molecule has 0 spiro atoms. The predicted octanol–water partition coefficient (Wildman–Crippen LogP) is -0.161. The van der Waals surface area contributed by atoms with E-state index in [-0.39, 0.29) is 6.17 Å². The fourth-order valence-electron chi connectivity index (χ4n) is 0.969. The van der Waals surface area contributed by atoms with E-state index in [1.807, 2.05) is 0 Å². The van der Waals surface area contributed by atoms with Crippen LogP contribution in [-0.2, 0) is 4.79 Å². The number of rotatable bonds is 1. The van der Waals surface area contributed by atoms with Crippen LogP contribution in [0.1, 0.15) is 0 Å². The molecule has 0 amide bonds. The monoisotopic (exact) mass is 150 g/mol. The molecule has 0 radical (unpaired) electrons. The summed E-state index contributed by atoms with van der Waals surface area (Å²) in [6.07, 6.45) is 3.47. The summed E-state index contributed by atoms with van der Waals surface area (Å²) < 4.78 is 0. The molecule has 0 aliphatic carbocycles. The molecule has 5 nitrogen and oxygen atoms in total. The minimum absolute atomic E-state index is 0.360. The van der Waals surface area contributed by atoms with Gasteiger partial charge in [-0.1, -0.05) is 0 Å². The van der Waals surface area contributed by atoms with Crippen LogP contribution in [0.3, 0.4) is 0 Å². The van der Waals surface area contributed by atoms with Gasteiger partial charge in [-0.15, -0.1) is 0 Å². The van der Waals surface area contributed by atoms with Gasteiger partial charge in [0.2, 0.25) is 0 Å². The first-order valence-electron chi connectivity index (χ1n) is 3.18. The third-order valence-electron chi connectivity index (χ3n) is 1.45. The van der Waals surface area contributed by atoms with Crippen LogP contribution in [0.25, 0.3) is 0 Å². The highest BCUT2D eigenvalue weighted by atomic mass is 16.1. The minimum Gasteiger partial charge on any atom is -0.355 e. The summed E-state index contributed by atoms with van der Waals surface area (Å²) in [6.45, 7) is 0. The second-order valence-electron chi connectivity index (χ2n) is 2.19. The second kappa shape index (κ2) is 2.19. The first-order valence-corrected chi connectivity index (χ1v) is 3.18. The first-order chi connectivity index (χ1) is 5.40. The van der Waals surface area contributed by atoms with Gasteiger partial charge in [-0.2, -0.15) is 0 Å². The molecule has 1 aromatic heterocycles. The highest BCUT2D eigenvalue weighted by molar-refractivity contribution is 5.79. The van der Waals surface area contributed by atoms with E-state index in [4.69, 9.17) is 0 Å². The number of carbonyl (C=O) groups is 1. The Balaban J connectivity index is 2.33. The molecule has 56 valence electrons.